The number of hydrogen-bond donors (Lipinski definition) is 2. The summed E-state index contributed by atoms with van der Waals surface area (Å²) in [5, 5.41) is 12.0. The van der Waals surface area contributed by atoms with Crippen molar-refractivity contribution in [2.45, 2.75) is 25.0 Å². The van der Waals surface area contributed by atoms with Crippen LogP contribution in [0.25, 0.3) is 0 Å². The van der Waals surface area contributed by atoms with Gasteiger partial charge in [-0.3, -0.25) is 4.79 Å². The van der Waals surface area contributed by atoms with Crippen molar-refractivity contribution >= 4 is 23.6 Å². The van der Waals surface area contributed by atoms with E-state index in [1.807, 2.05) is 6.26 Å². The molecule has 0 aliphatic heterocycles. The Bertz CT molecular complexity index is 413. The molecule has 1 aromatic heterocycles. The Morgan fingerprint density at radius 2 is 2.06 bits per heavy atom. The highest BCUT2D eigenvalue weighted by Crippen LogP contribution is 2.18. The normalized spacial score (nSPS) is 12.5. The third-order valence-electron chi connectivity index (χ3n) is 2.23. The van der Waals surface area contributed by atoms with Gasteiger partial charge in [-0.15, -0.1) is 0 Å². The van der Waals surface area contributed by atoms with Crippen LogP contribution in [0.1, 0.15) is 24.4 Å². The average molecular weight is 257 g/mol. The molecule has 94 valence electrons. The number of furan rings is 1. The summed E-state index contributed by atoms with van der Waals surface area (Å²) in [5.74, 6) is -1.62. The number of thioether (sulfide) groups is 1. The van der Waals surface area contributed by atoms with E-state index in [0.717, 1.165) is 0 Å². The summed E-state index contributed by atoms with van der Waals surface area (Å²) in [4.78, 5) is 22.6. The molecule has 1 atom stereocenters. The summed E-state index contributed by atoms with van der Waals surface area (Å²) in [6, 6.07) is 2.29. The Hall–Kier alpha value is -1.43. The number of nitrogens with one attached hydrogen (secondary N) is 1. The number of rotatable bonds is 5. The summed E-state index contributed by atoms with van der Waals surface area (Å²) in [6.07, 6.45) is 1.83. The Morgan fingerprint density at radius 1 is 1.41 bits per heavy atom. The highest BCUT2D eigenvalue weighted by Gasteiger charge is 2.25. The lowest BCUT2D eigenvalue weighted by atomic mass is 10.0. The monoisotopic (exact) mass is 257 g/mol. The highest BCUT2D eigenvalue weighted by molar-refractivity contribution is 7.98. The predicted molar refractivity (Wildman–Crippen MR) is 64.2 cm³/mol. The Kier molecular flexibility index (Phi) is 4.62. The first kappa shape index (κ1) is 13.6. The fourth-order valence-electron chi connectivity index (χ4n) is 1.28. The fraction of sp³-hybridized carbons (Fsp3) is 0.455. The Labute approximate surface area is 104 Å². The Balaban J connectivity index is 2.73. The summed E-state index contributed by atoms with van der Waals surface area (Å²) < 4.78 is 5.21. The van der Waals surface area contributed by atoms with Crippen molar-refractivity contribution in [2.75, 3.05) is 6.26 Å². The van der Waals surface area contributed by atoms with E-state index in [-0.39, 0.29) is 11.7 Å². The van der Waals surface area contributed by atoms with Gasteiger partial charge >= 0.3 is 5.97 Å². The maximum atomic E-state index is 11.7. The van der Waals surface area contributed by atoms with E-state index in [1.165, 1.54) is 17.8 Å². The van der Waals surface area contributed by atoms with Crippen LogP contribution in [0.3, 0.4) is 0 Å². The molecule has 1 amide bonds. The maximum absolute atomic E-state index is 11.7. The smallest absolute Gasteiger partial charge is 0.326 e. The van der Waals surface area contributed by atoms with Crippen LogP contribution in [-0.4, -0.2) is 29.3 Å². The number of amides is 1. The third kappa shape index (κ3) is 3.52. The predicted octanol–water partition coefficient (Wildman–Crippen LogP) is 1.84. The zero-order valence-corrected chi connectivity index (χ0v) is 10.7. The van der Waals surface area contributed by atoms with Crippen LogP contribution >= 0.6 is 11.8 Å². The number of carboxylic acids is 1. The zero-order valence-electron chi connectivity index (χ0n) is 9.89. The number of carbonyl (C=O) groups excluding carboxylic acids is 1. The van der Waals surface area contributed by atoms with Gasteiger partial charge in [0.25, 0.3) is 5.91 Å². The third-order valence-corrected chi connectivity index (χ3v) is 2.85. The van der Waals surface area contributed by atoms with Crippen molar-refractivity contribution in [1.29, 1.82) is 0 Å². The second kappa shape index (κ2) is 5.77. The van der Waals surface area contributed by atoms with Crippen LogP contribution in [0.4, 0.5) is 0 Å². The van der Waals surface area contributed by atoms with Crippen LogP contribution in [0.5, 0.6) is 0 Å². The second-order valence-electron chi connectivity index (χ2n) is 3.86. The summed E-state index contributed by atoms with van der Waals surface area (Å²) in [5.41, 5.74) is 0. The van der Waals surface area contributed by atoms with Gasteiger partial charge in [-0.2, -0.15) is 0 Å². The molecule has 0 aliphatic rings. The molecule has 2 N–H and O–H groups in total. The molecule has 1 aromatic rings. The first-order valence-electron chi connectivity index (χ1n) is 5.13. The van der Waals surface area contributed by atoms with E-state index in [4.69, 9.17) is 9.52 Å². The Morgan fingerprint density at radius 3 is 2.47 bits per heavy atom. The first-order chi connectivity index (χ1) is 7.95. The van der Waals surface area contributed by atoms with E-state index in [2.05, 4.69) is 5.32 Å². The van der Waals surface area contributed by atoms with E-state index < -0.39 is 17.9 Å². The topological polar surface area (TPSA) is 79.5 Å². The number of carboxylic acid groups (broad SMARTS) is 1. The lowest BCUT2D eigenvalue weighted by Crippen LogP contribution is -2.44. The molecule has 0 spiro atoms. The molecular weight excluding hydrogens is 242 g/mol. The van der Waals surface area contributed by atoms with Gasteiger partial charge in [0.1, 0.15) is 6.04 Å². The van der Waals surface area contributed by atoms with Gasteiger partial charge in [0, 0.05) is 0 Å². The van der Waals surface area contributed by atoms with Gasteiger partial charge in [0.2, 0.25) is 0 Å². The van der Waals surface area contributed by atoms with Crippen molar-refractivity contribution in [3.05, 3.63) is 17.9 Å². The molecule has 6 heteroatoms. The van der Waals surface area contributed by atoms with Crippen molar-refractivity contribution in [2.24, 2.45) is 5.92 Å². The molecule has 0 aliphatic carbocycles. The highest BCUT2D eigenvalue weighted by atomic mass is 32.2. The molecule has 0 saturated carbocycles. The SMILES string of the molecule is CSc1ccc(C(=O)N[C@H](C(=O)O)C(C)C)o1. The minimum atomic E-state index is -1.05. The minimum absolute atomic E-state index is 0.126. The van der Waals surface area contributed by atoms with Crippen molar-refractivity contribution in [3.63, 3.8) is 0 Å². The largest absolute Gasteiger partial charge is 0.480 e. The van der Waals surface area contributed by atoms with Gasteiger partial charge in [0.05, 0.1) is 0 Å². The fourth-order valence-corrected chi connectivity index (χ4v) is 1.66. The van der Waals surface area contributed by atoms with E-state index in [1.54, 1.807) is 19.9 Å². The maximum Gasteiger partial charge on any atom is 0.326 e. The number of carbonyl (C=O) groups is 2. The van der Waals surface area contributed by atoms with Crippen LogP contribution in [0, 0.1) is 5.92 Å². The van der Waals surface area contributed by atoms with Crippen LogP contribution < -0.4 is 5.32 Å². The van der Waals surface area contributed by atoms with Gasteiger partial charge in [-0.05, 0) is 24.3 Å². The van der Waals surface area contributed by atoms with E-state index in [9.17, 15) is 9.59 Å². The molecule has 0 saturated heterocycles. The molecular formula is C11H15NO4S. The van der Waals surface area contributed by atoms with Crippen molar-refractivity contribution < 1.29 is 19.1 Å². The second-order valence-corrected chi connectivity index (χ2v) is 4.67. The molecule has 0 unspecified atom stereocenters. The molecule has 0 bridgehead atoms. The van der Waals surface area contributed by atoms with Crippen molar-refractivity contribution in [3.8, 4) is 0 Å². The molecule has 5 nitrogen and oxygen atoms in total. The van der Waals surface area contributed by atoms with Gasteiger partial charge < -0.3 is 14.8 Å². The molecule has 0 radical (unpaired) electrons. The van der Waals surface area contributed by atoms with E-state index >= 15 is 0 Å². The van der Waals surface area contributed by atoms with Crippen molar-refractivity contribution in [1.82, 2.24) is 5.32 Å². The van der Waals surface area contributed by atoms with Crippen LogP contribution in [0.15, 0.2) is 21.6 Å². The minimum Gasteiger partial charge on any atom is -0.480 e. The summed E-state index contributed by atoms with van der Waals surface area (Å²) in [7, 11) is 0. The first-order valence-corrected chi connectivity index (χ1v) is 6.35. The number of hydrogen-bond acceptors (Lipinski definition) is 4. The lowest BCUT2D eigenvalue weighted by molar-refractivity contribution is -0.140. The van der Waals surface area contributed by atoms with Crippen LogP contribution in [-0.2, 0) is 4.79 Å². The van der Waals surface area contributed by atoms with Gasteiger partial charge in [-0.1, -0.05) is 25.6 Å². The summed E-state index contributed by atoms with van der Waals surface area (Å²) in [6.45, 7) is 3.46. The average Bonchev–Trinajstić information content (AvgIpc) is 2.73. The van der Waals surface area contributed by atoms with Gasteiger partial charge in [0.15, 0.2) is 10.9 Å². The van der Waals surface area contributed by atoms with E-state index in [0.29, 0.717) is 5.09 Å². The standard InChI is InChI=1S/C11H15NO4S/c1-6(2)9(11(14)15)12-10(13)7-4-5-8(16-7)17-3/h4-6,9H,1-3H3,(H,12,13)(H,14,15)/t9-/m0/s1. The van der Waals surface area contributed by atoms with Gasteiger partial charge in [-0.25, -0.2) is 4.79 Å². The molecule has 17 heavy (non-hydrogen) atoms. The molecule has 0 aromatic carbocycles. The quantitative estimate of drug-likeness (QED) is 0.787. The molecule has 1 heterocycles. The van der Waals surface area contributed by atoms with Crippen LogP contribution in [0.2, 0.25) is 0 Å². The molecule has 1 rings (SSSR count). The molecule has 0 fully saturated rings. The lowest BCUT2D eigenvalue weighted by Gasteiger charge is -2.16. The number of aliphatic carboxylic acids is 1. The zero-order chi connectivity index (χ0) is 13.0. The summed E-state index contributed by atoms with van der Waals surface area (Å²) >= 11 is 1.38.